The Labute approximate surface area is 136 Å². The van der Waals surface area contributed by atoms with Gasteiger partial charge in [0.2, 0.25) is 5.91 Å². The summed E-state index contributed by atoms with van der Waals surface area (Å²) in [6.07, 6.45) is 1.36. The molecule has 0 fully saturated rings. The van der Waals surface area contributed by atoms with Gasteiger partial charge in [-0.15, -0.1) is 0 Å². The Bertz CT molecular complexity index is 673. The fraction of sp³-hybridized carbons (Fsp3) is 0.471. The lowest BCUT2D eigenvalue weighted by molar-refractivity contribution is -0.722. The molecule has 6 heteroatoms. The molecule has 1 amide bonds. The number of H-pyrrole nitrogens is 1. The third-order valence-electron chi connectivity index (χ3n) is 3.55. The number of hydrogen-bond acceptors (Lipinski definition) is 3. The number of benzene rings is 1. The number of hydrogen-bond donors (Lipinski definition) is 4. The monoisotopic (exact) mass is 320 g/mol. The first kappa shape index (κ1) is 17.3. The molecule has 1 aromatic heterocycles. The Morgan fingerprint density at radius 1 is 1.43 bits per heavy atom. The highest BCUT2D eigenvalue weighted by atomic mass is 16.5. The standard InChI is InChI=1S/C17H25N3O3/c1-17(2,3)20-9-12(21)10-23-14-6-4-5-13-16(14)11(8-19-13)7-15(18)22/h4-6,8,12,19-21H,7,9-10H2,1-3H3,(H2,18,22)/p+1/t12-/m0/s1. The predicted molar refractivity (Wildman–Crippen MR) is 89.2 cm³/mol. The van der Waals surface area contributed by atoms with E-state index in [1.165, 1.54) is 0 Å². The lowest BCUT2D eigenvalue weighted by atomic mass is 10.1. The van der Waals surface area contributed by atoms with E-state index >= 15 is 0 Å². The molecule has 0 radical (unpaired) electrons. The van der Waals surface area contributed by atoms with E-state index in [0.717, 1.165) is 16.5 Å². The Morgan fingerprint density at radius 3 is 2.83 bits per heavy atom. The highest BCUT2D eigenvalue weighted by Gasteiger charge is 2.17. The van der Waals surface area contributed by atoms with Gasteiger partial charge in [-0.25, -0.2) is 0 Å². The number of quaternary nitrogens is 1. The van der Waals surface area contributed by atoms with Crippen LogP contribution in [0.1, 0.15) is 26.3 Å². The van der Waals surface area contributed by atoms with Crippen LogP contribution in [0.4, 0.5) is 0 Å². The Morgan fingerprint density at radius 2 is 2.17 bits per heavy atom. The molecular weight excluding hydrogens is 294 g/mol. The van der Waals surface area contributed by atoms with Crippen LogP contribution in [-0.2, 0) is 11.2 Å². The van der Waals surface area contributed by atoms with E-state index in [-0.39, 0.29) is 24.5 Å². The number of primary amides is 1. The van der Waals surface area contributed by atoms with Crippen LogP contribution >= 0.6 is 0 Å². The van der Waals surface area contributed by atoms with Gasteiger partial charge in [0.1, 0.15) is 25.0 Å². The number of carbonyl (C=O) groups is 1. The van der Waals surface area contributed by atoms with E-state index in [1.807, 2.05) is 18.2 Å². The van der Waals surface area contributed by atoms with Gasteiger partial charge in [-0.3, -0.25) is 4.79 Å². The van der Waals surface area contributed by atoms with Crippen molar-refractivity contribution in [2.45, 2.75) is 38.8 Å². The molecule has 1 heterocycles. The Kier molecular flexibility index (Phi) is 5.28. The average molecular weight is 320 g/mol. The SMILES string of the molecule is CC(C)(C)[NH2+]C[C@H](O)COc1cccc2[nH]cc(CC(N)=O)c12. The lowest BCUT2D eigenvalue weighted by Gasteiger charge is -2.19. The number of rotatable bonds is 7. The van der Waals surface area contributed by atoms with Crippen LogP contribution in [0.2, 0.25) is 0 Å². The largest absolute Gasteiger partial charge is 0.490 e. The number of nitrogens with one attached hydrogen (secondary N) is 1. The van der Waals surface area contributed by atoms with Crippen molar-refractivity contribution in [3.05, 3.63) is 30.0 Å². The normalized spacial score (nSPS) is 13.2. The highest BCUT2D eigenvalue weighted by molar-refractivity contribution is 5.92. The number of aliphatic hydroxyl groups excluding tert-OH is 1. The Hall–Kier alpha value is -2.05. The number of aromatic nitrogens is 1. The number of amides is 1. The molecular formula is C17H26N3O3+. The summed E-state index contributed by atoms with van der Waals surface area (Å²) in [6, 6.07) is 5.62. The fourth-order valence-corrected chi connectivity index (χ4v) is 2.41. The number of ether oxygens (including phenoxy) is 1. The molecule has 126 valence electrons. The van der Waals surface area contributed by atoms with Crippen LogP contribution in [0.25, 0.3) is 10.9 Å². The van der Waals surface area contributed by atoms with Crippen molar-refractivity contribution in [1.29, 1.82) is 0 Å². The molecule has 1 atom stereocenters. The molecule has 2 aromatic rings. The lowest BCUT2D eigenvalue weighted by Crippen LogP contribution is -2.96. The number of carbonyl (C=O) groups excluding carboxylic acids is 1. The average Bonchev–Trinajstić information content (AvgIpc) is 2.85. The van der Waals surface area contributed by atoms with Gasteiger partial charge in [0.05, 0.1) is 12.0 Å². The first-order valence-electron chi connectivity index (χ1n) is 7.79. The van der Waals surface area contributed by atoms with Crippen molar-refractivity contribution in [3.8, 4) is 5.75 Å². The van der Waals surface area contributed by atoms with Crippen molar-refractivity contribution in [2.24, 2.45) is 5.73 Å². The quantitative estimate of drug-likeness (QED) is 0.589. The molecule has 0 saturated heterocycles. The van der Waals surface area contributed by atoms with E-state index in [0.29, 0.717) is 12.3 Å². The van der Waals surface area contributed by atoms with Crippen LogP contribution in [0.15, 0.2) is 24.4 Å². The second-order valence-corrected chi connectivity index (χ2v) is 6.91. The minimum absolute atomic E-state index is 0.0658. The van der Waals surface area contributed by atoms with Gasteiger partial charge in [0.25, 0.3) is 0 Å². The number of nitrogens with two attached hydrogens (primary N) is 2. The number of aromatic amines is 1. The van der Waals surface area contributed by atoms with Crippen molar-refractivity contribution < 1.29 is 20.0 Å². The maximum absolute atomic E-state index is 11.2. The van der Waals surface area contributed by atoms with Crippen LogP contribution in [0, 0.1) is 0 Å². The summed E-state index contributed by atoms with van der Waals surface area (Å²) in [4.78, 5) is 14.3. The van der Waals surface area contributed by atoms with Crippen molar-refractivity contribution >= 4 is 16.8 Å². The van der Waals surface area contributed by atoms with Crippen molar-refractivity contribution in [2.75, 3.05) is 13.2 Å². The zero-order chi connectivity index (χ0) is 17.0. The van der Waals surface area contributed by atoms with Gasteiger partial charge in [0, 0.05) is 17.1 Å². The zero-order valence-electron chi connectivity index (χ0n) is 13.9. The van der Waals surface area contributed by atoms with E-state index in [1.54, 1.807) is 6.20 Å². The van der Waals surface area contributed by atoms with Crippen molar-refractivity contribution in [3.63, 3.8) is 0 Å². The third kappa shape index (κ3) is 4.97. The van der Waals surface area contributed by atoms with E-state index < -0.39 is 6.10 Å². The van der Waals surface area contributed by atoms with Gasteiger partial charge < -0.3 is 25.9 Å². The summed E-state index contributed by atoms with van der Waals surface area (Å²) < 4.78 is 5.78. The third-order valence-corrected chi connectivity index (χ3v) is 3.55. The topological polar surface area (TPSA) is 105 Å². The van der Waals surface area contributed by atoms with Gasteiger partial charge in [-0.05, 0) is 38.5 Å². The summed E-state index contributed by atoms with van der Waals surface area (Å²) in [5.41, 5.74) is 7.04. The van der Waals surface area contributed by atoms with Crippen LogP contribution in [0.5, 0.6) is 5.75 Å². The van der Waals surface area contributed by atoms with Crippen LogP contribution < -0.4 is 15.8 Å². The van der Waals surface area contributed by atoms with Gasteiger partial charge in [-0.2, -0.15) is 0 Å². The first-order valence-corrected chi connectivity index (χ1v) is 7.79. The van der Waals surface area contributed by atoms with Gasteiger partial charge >= 0.3 is 0 Å². The second-order valence-electron chi connectivity index (χ2n) is 6.91. The maximum Gasteiger partial charge on any atom is 0.221 e. The summed E-state index contributed by atoms with van der Waals surface area (Å²) >= 11 is 0. The summed E-state index contributed by atoms with van der Waals surface area (Å²) in [7, 11) is 0. The molecule has 0 spiro atoms. The molecule has 6 nitrogen and oxygen atoms in total. The van der Waals surface area contributed by atoms with E-state index in [2.05, 4.69) is 31.1 Å². The predicted octanol–water partition coefficient (Wildman–Crippen LogP) is 0.297. The van der Waals surface area contributed by atoms with Gasteiger partial charge in [0.15, 0.2) is 0 Å². The molecule has 0 aliphatic rings. The number of aliphatic hydroxyl groups is 1. The zero-order valence-corrected chi connectivity index (χ0v) is 13.9. The fourth-order valence-electron chi connectivity index (χ4n) is 2.41. The van der Waals surface area contributed by atoms with Crippen molar-refractivity contribution in [1.82, 2.24) is 4.98 Å². The molecule has 0 unspecified atom stereocenters. The molecule has 0 saturated carbocycles. The molecule has 23 heavy (non-hydrogen) atoms. The Balaban J connectivity index is 2.07. The van der Waals surface area contributed by atoms with E-state index in [4.69, 9.17) is 10.5 Å². The molecule has 6 N–H and O–H groups in total. The van der Waals surface area contributed by atoms with Crippen LogP contribution in [0.3, 0.4) is 0 Å². The number of fused-ring (bicyclic) bond motifs is 1. The summed E-state index contributed by atoms with van der Waals surface area (Å²) in [5, 5.41) is 13.0. The highest BCUT2D eigenvalue weighted by Crippen LogP contribution is 2.29. The van der Waals surface area contributed by atoms with Crippen LogP contribution in [-0.4, -0.2) is 40.8 Å². The summed E-state index contributed by atoms with van der Waals surface area (Å²) in [6.45, 7) is 7.05. The molecule has 0 aliphatic carbocycles. The molecule has 1 aromatic carbocycles. The minimum Gasteiger partial charge on any atom is -0.490 e. The maximum atomic E-state index is 11.2. The summed E-state index contributed by atoms with van der Waals surface area (Å²) in [5.74, 6) is 0.260. The van der Waals surface area contributed by atoms with Gasteiger partial charge in [-0.1, -0.05) is 6.07 Å². The molecule has 2 rings (SSSR count). The molecule has 0 aliphatic heterocycles. The minimum atomic E-state index is -0.567. The second kappa shape index (κ2) is 7.02. The van der Waals surface area contributed by atoms with E-state index in [9.17, 15) is 9.90 Å². The smallest absolute Gasteiger partial charge is 0.221 e. The molecule has 0 bridgehead atoms. The first-order chi connectivity index (χ1) is 10.8.